The van der Waals surface area contributed by atoms with Crippen molar-refractivity contribution in [3.63, 3.8) is 0 Å². The van der Waals surface area contributed by atoms with Gasteiger partial charge in [0.15, 0.2) is 0 Å². The van der Waals surface area contributed by atoms with Gasteiger partial charge in [0, 0.05) is 6.20 Å². The summed E-state index contributed by atoms with van der Waals surface area (Å²) >= 11 is 3.38. The van der Waals surface area contributed by atoms with Crippen LogP contribution in [0, 0.1) is 6.92 Å². The first-order valence-electron chi connectivity index (χ1n) is 5.65. The maximum Gasteiger partial charge on any atom is 0.307 e. The van der Waals surface area contributed by atoms with Crippen LogP contribution in [0.2, 0.25) is 0 Å². The Morgan fingerprint density at radius 2 is 2.21 bits per heavy atom. The molecule has 0 saturated heterocycles. The number of carbonyl (C=O) groups is 1. The van der Waals surface area contributed by atoms with Gasteiger partial charge in [0.05, 0.1) is 10.9 Å². The lowest BCUT2D eigenvalue weighted by Crippen LogP contribution is -2.00. The third-order valence-electron chi connectivity index (χ3n) is 2.41. The number of benzene rings is 1. The minimum absolute atomic E-state index is 0.0281. The van der Waals surface area contributed by atoms with Crippen molar-refractivity contribution < 1.29 is 14.6 Å². The topological polar surface area (TPSA) is 59.4 Å². The van der Waals surface area contributed by atoms with Gasteiger partial charge in [0.1, 0.15) is 5.75 Å². The van der Waals surface area contributed by atoms with E-state index in [0.29, 0.717) is 17.2 Å². The van der Waals surface area contributed by atoms with E-state index >= 15 is 0 Å². The molecule has 2 rings (SSSR count). The van der Waals surface area contributed by atoms with Gasteiger partial charge in [-0.15, -0.1) is 0 Å². The van der Waals surface area contributed by atoms with Crippen LogP contribution in [0.1, 0.15) is 11.1 Å². The maximum atomic E-state index is 10.7. The van der Waals surface area contributed by atoms with Crippen LogP contribution in [0.25, 0.3) is 0 Å². The van der Waals surface area contributed by atoms with Crippen molar-refractivity contribution in [2.75, 3.05) is 0 Å². The van der Waals surface area contributed by atoms with Crippen LogP contribution in [-0.4, -0.2) is 16.1 Å². The van der Waals surface area contributed by atoms with E-state index in [4.69, 9.17) is 9.84 Å². The van der Waals surface area contributed by atoms with Gasteiger partial charge in [-0.25, -0.2) is 4.98 Å². The quantitative estimate of drug-likeness (QED) is 0.935. The minimum atomic E-state index is -0.869. The fraction of sp³-hybridized carbons (Fsp3) is 0.143. The van der Waals surface area contributed by atoms with Crippen LogP contribution in [0.4, 0.5) is 0 Å². The number of hydrogen-bond acceptors (Lipinski definition) is 3. The van der Waals surface area contributed by atoms with Gasteiger partial charge in [-0.2, -0.15) is 0 Å². The number of aromatic nitrogens is 1. The summed E-state index contributed by atoms with van der Waals surface area (Å²) < 4.78 is 6.40. The molecule has 4 nitrogen and oxygen atoms in total. The van der Waals surface area contributed by atoms with Gasteiger partial charge in [-0.05, 0) is 52.2 Å². The zero-order valence-electron chi connectivity index (χ0n) is 10.3. The molecule has 0 spiro atoms. The van der Waals surface area contributed by atoms with Gasteiger partial charge in [-0.3, -0.25) is 4.79 Å². The van der Waals surface area contributed by atoms with E-state index in [9.17, 15) is 4.79 Å². The number of nitrogens with zero attached hydrogens (tertiary/aromatic N) is 1. The van der Waals surface area contributed by atoms with E-state index in [1.165, 1.54) is 0 Å². The number of rotatable bonds is 4. The first kappa shape index (κ1) is 13.5. The average Bonchev–Trinajstić information content (AvgIpc) is 2.32. The molecule has 0 unspecified atom stereocenters. The van der Waals surface area contributed by atoms with Crippen LogP contribution >= 0.6 is 15.9 Å². The molecule has 1 aromatic carbocycles. The maximum absolute atomic E-state index is 10.7. The SMILES string of the molecule is Cc1cnc(Oc2cccc(CC(=O)O)c2)c(Br)c1. The molecule has 19 heavy (non-hydrogen) atoms. The normalized spacial score (nSPS) is 10.2. The highest BCUT2D eigenvalue weighted by Gasteiger charge is 2.06. The molecule has 0 saturated carbocycles. The van der Waals surface area contributed by atoms with Gasteiger partial charge in [0.2, 0.25) is 5.88 Å². The van der Waals surface area contributed by atoms with E-state index < -0.39 is 5.97 Å². The fourth-order valence-corrected chi connectivity index (χ4v) is 2.15. The molecule has 0 aliphatic heterocycles. The smallest absolute Gasteiger partial charge is 0.307 e. The van der Waals surface area contributed by atoms with Crippen LogP contribution in [0.3, 0.4) is 0 Å². The van der Waals surface area contributed by atoms with E-state index in [0.717, 1.165) is 10.0 Å². The number of pyridine rings is 1. The zero-order chi connectivity index (χ0) is 13.8. The summed E-state index contributed by atoms with van der Waals surface area (Å²) in [6.07, 6.45) is 1.68. The summed E-state index contributed by atoms with van der Waals surface area (Å²) in [4.78, 5) is 14.8. The molecule has 2 aromatic rings. The monoisotopic (exact) mass is 321 g/mol. The summed E-state index contributed by atoms with van der Waals surface area (Å²) in [6, 6.07) is 8.87. The predicted molar refractivity (Wildman–Crippen MR) is 74.5 cm³/mol. The molecule has 1 aromatic heterocycles. The number of hydrogen-bond donors (Lipinski definition) is 1. The Kier molecular flexibility index (Phi) is 4.16. The highest BCUT2D eigenvalue weighted by atomic mass is 79.9. The second-order valence-electron chi connectivity index (χ2n) is 4.12. The van der Waals surface area contributed by atoms with Crippen molar-refractivity contribution in [3.05, 3.63) is 52.1 Å². The fourth-order valence-electron chi connectivity index (χ4n) is 1.60. The Morgan fingerprint density at radius 3 is 2.89 bits per heavy atom. The molecule has 5 heteroatoms. The first-order chi connectivity index (χ1) is 9.04. The standard InChI is InChI=1S/C14H12BrNO3/c1-9-5-12(15)14(16-8-9)19-11-4-2-3-10(6-11)7-13(17)18/h2-6,8H,7H2,1H3,(H,17,18). The van der Waals surface area contributed by atoms with Crippen molar-refractivity contribution in [2.24, 2.45) is 0 Å². The lowest BCUT2D eigenvalue weighted by Gasteiger charge is -2.08. The highest BCUT2D eigenvalue weighted by molar-refractivity contribution is 9.10. The Morgan fingerprint density at radius 1 is 1.42 bits per heavy atom. The highest BCUT2D eigenvalue weighted by Crippen LogP contribution is 2.28. The lowest BCUT2D eigenvalue weighted by molar-refractivity contribution is -0.136. The third-order valence-corrected chi connectivity index (χ3v) is 2.98. The zero-order valence-corrected chi connectivity index (χ0v) is 11.8. The molecule has 0 atom stereocenters. The molecular weight excluding hydrogens is 310 g/mol. The van der Waals surface area contributed by atoms with Crippen LogP contribution in [-0.2, 0) is 11.2 Å². The lowest BCUT2D eigenvalue weighted by atomic mass is 10.1. The van der Waals surface area contributed by atoms with Crippen molar-refractivity contribution in [1.82, 2.24) is 4.98 Å². The number of carboxylic acids is 1. The van der Waals surface area contributed by atoms with Gasteiger partial charge in [0.25, 0.3) is 0 Å². The van der Waals surface area contributed by atoms with E-state index in [1.807, 2.05) is 13.0 Å². The van der Waals surface area contributed by atoms with E-state index in [-0.39, 0.29) is 6.42 Å². The molecule has 0 bridgehead atoms. The molecule has 0 fully saturated rings. The summed E-state index contributed by atoms with van der Waals surface area (Å²) in [5, 5.41) is 8.76. The largest absolute Gasteiger partial charge is 0.481 e. The Bertz CT molecular complexity index is 613. The number of aryl methyl sites for hydroxylation is 1. The molecular formula is C14H12BrNO3. The molecule has 98 valence electrons. The van der Waals surface area contributed by atoms with Crippen LogP contribution in [0.15, 0.2) is 41.0 Å². The first-order valence-corrected chi connectivity index (χ1v) is 6.44. The van der Waals surface area contributed by atoms with Crippen molar-refractivity contribution in [2.45, 2.75) is 13.3 Å². The van der Waals surface area contributed by atoms with Gasteiger partial charge < -0.3 is 9.84 Å². The Balaban J connectivity index is 2.21. The van der Waals surface area contributed by atoms with Crippen LogP contribution in [0.5, 0.6) is 11.6 Å². The molecule has 0 amide bonds. The third kappa shape index (κ3) is 3.79. The van der Waals surface area contributed by atoms with E-state index in [2.05, 4.69) is 20.9 Å². The van der Waals surface area contributed by atoms with Crippen molar-refractivity contribution >= 4 is 21.9 Å². The second-order valence-corrected chi connectivity index (χ2v) is 4.97. The van der Waals surface area contributed by atoms with Crippen molar-refractivity contribution in [1.29, 1.82) is 0 Å². The van der Waals surface area contributed by atoms with Gasteiger partial charge in [-0.1, -0.05) is 12.1 Å². The predicted octanol–water partition coefficient (Wildman–Crippen LogP) is 3.57. The summed E-state index contributed by atoms with van der Waals surface area (Å²) in [6.45, 7) is 1.94. The number of halogens is 1. The van der Waals surface area contributed by atoms with Crippen molar-refractivity contribution in [3.8, 4) is 11.6 Å². The molecule has 1 heterocycles. The number of aliphatic carboxylic acids is 1. The minimum Gasteiger partial charge on any atom is -0.481 e. The Hall–Kier alpha value is -1.88. The summed E-state index contributed by atoms with van der Waals surface area (Å²) in [5.74, 6) is 0.153. The molecule has 1 N–H and O–H groups in total. The molecule has 0 aliphatic carbocycles. The van der Waals surface area contributed by atoms with Crippen LogP contribution < -0.4 is 4.74 Å². The van der Waals surface area contributed by atoms with E-state index in [1.54, 1.807) is 30.5 Å². The molecule has 0 radical (unpaired) electrons. The summed E-state index contributed by atoms with van der Waals surface area (Å²) in [5.41, 5.74) is 1.71. The summed E-state index contributed by atoms with van der Waals surface area (Å²) in [7, 11) is 0. The number of carboxylic acid groups (broad SMARTS) is 1. The molecule has 0 aliphatic rings. The Labute approximate surface area is 119 Å². The second kappa shape index (κ2) is 5.84. The van der Waals surface area contributed by atoms with Gasteiger partial charge >= 0.3 is 5.97 Å². The number of ether oxygens (including phenoxy) is 1. The average molecular weight is 322 g/mol.